The minimum atomic E-state index is -1.18. The number of aliphatic hydroxyl groups is 2. The number of halogens is 2. The van der Waals surface area contributed by atoms with Crippen molar-refractivity contribution in [3.63, 3.8) is 0 Å². The van der Waals surface area contributed by atoms with Crippen LogP contribution in [0, 0.1) is 5.82 Å². The lowest BCUT2D eigenvalue weighted by Crippen LogP contribution is -2.37. The third-order valence-electron chi connectivity index (χ3n) is 2.67. The van der Waals surface area contributed by atoms with Gasteiger partial charge in [0.15, 0.2) is 6.23 Å². The van der Waals surface area contributed by atoms with Gasteiger partial charge < -0.3 is 14.9 Å². The van der Waals surface area contributed by atoms with Crippen molar-refractivity contribution in [3.05, 3.63) is 32.9 Å². The van der Waals surface area contributed by atoms with E-state index in [2.05, 4.69) is 15.9 Å². The standard InChI is InChI=1S/C9H10BrFN2O5/c10-5-4(2-14)18-8(6(5)15)13-1-3(11)7(16)12-9(13)17/h1,4-6,8,14-15H,2H2,(H,12,16,17)/t4-,5+,6-,8-/m1/s1. The summed E-state index contributed by atoms with van der Waals surface area (Å²) in [7, 11) is 0. The van der Waals surface area contributed by atoms with Crippen LogP contribution < -0.4 is 11.2 Å². The first-order chi connectivity index (χ1) is 8.45. The fraction of sp³-hybridized carbons (Fsp3) is 0.556. The highest BCUT2D eigenvalue weighted by Crippen LogP contribution is 2.32. The molecule has 0 amide bonds. The van der Waals surface area contributed by atoms with Gasteiger partial charge in [0.25, 0.3) is 5.56 Å². The Hall–Kier alpha value is -1.03. The number of aromatic nitrogens is 2. The van der Waals surface area contributed by atoms with Crippen LogP contribution in [0.4, 0.5) is 4.39 Å². The quantitative estimate of drug-likeness (QED) is 0.586. The molecule has 0 saturated carbocycles. The second-order valence-electron chi connectivity index (χ2n) is 3.83. The molecule has 0 radical (unpaired) electrons. The highest BCUT2D eigenvalue weighted by atomic mass is 79.9. The zero-order chi connectivity index (χ0) is 13.4. The van der Waals surface area contributed by atoms with Gasteiger partial charge in [-0.1, -0.05) is 15.9 Å². The van der Waals surface area contributed by atoms with Crippen molar-refractivity contribution in [3.8, 4) is 0 Å². The van der Waals surface area contributed by atoms with E-state index in [1.807, 2.05) is 0 Å². The van der Waals surface area contributed by atoms with E-state index in [-0.39, 0.29) is 6.61 Å². The van der Waals surface area contributed by atoms with Crippen LogP contribution >= 0.6 is 15.9 Å². The number of hydrogen-bond donors (Lipinski definition) is 3. The van der Waals surface area contributed by atoms with Crippen LogP contribution in [-0.2, 0) is 4.74 Å². The highest BCUT2D eigenvalue weighted by molar-refractivity contribution is 9.09. The number of aromatic amines is 1. The zero-order valence-electron chi connectivity index (χ0n) is 8.92. The summed E-state index contributed by atoms with van der Waals surface area (Å²) in [5.74, 6) is -1.16. The molecule has 0 unspecified atom stereocenters. The molecule has 7 nitrogen and oxygen atoms in total. The van der Waals surface area contributed by atoms with Crippen LogP contribution in [0.1, 0.15) is 6.23 Å². The number of aliphatic hydroxyl groups excluding tert-OH is 2. The molecule has 4 atom stereocenters. The average molecular weight is 325 g/mol. The Morgan fingerprint density at radius 1 is 1.56 bits per heavy atom. The fourth-order valence-corrected chi connectivity index (χ4v) is 2.29. The molecule has 1 aromatic heterocycles. The SMILES string of the molecule is O=c1[nH]c(=O)n([C@@H]2O[C@H](CO)[C@H](Br)[C@H]2O)cc1F. The number of nitrogens with zero attached hydrogens (tertiary/aromatic N) is 1. The predicted molar refractivity (Wildman–Crippen MR) is 61.0 cm³/mol. The first-order valence-corrected chi connectivity index (χ1v) is 5.96. The van der Waals surface area contributed by atoms with Crippen molar-refractivity contribution in [2.24, 2.45) is 0 Å². The molecule has 100 valence electrons. The molecule has 1 aromatic rings. The van der Waals surface area contributed by atoms with Crippen molar-refractivity contribution >= 4 is 15.9 Å². The smallest absolute Gasteiger partial charge is 0.330 e. The molecule has 1 aliphatic heterocycles. The van der Waals surface area contributed by atoms with Gasteiger partial charge in [-0.05, 0) is 0 Å². The van der Waals surface area contributed by atoms with Crippen molar-refractivity contribution < 1.29 is 19.3 Å². The van der Waals surface area contributed by atoms with E-state index in [1.54, 1.807) is 4.98 Å². The third-order valence-corrected chi connectivity index (χ3v) is 3.80. The fourth-order valence-electron chi connectivity index (χ4n) is 1.74. The van der Waals surface area contributed by atoms with Crippen LogP contribution in [0.5, 0.6) is 0 Å². The Labute approximate surface area is 108 Å². The summed E-state index contributed by atoms with van der Waals surface area (Å²) in [6.45, 7) is -0.371. The topological polar surface area (TPSA) is 105 Å². The first-order valence-electron chi connectivity index (χ1n) is 5.05. The highest BCUT2D eigenvalue weighted by Gasteiger charge is 2.43. The lowest BCUT2D eigenvalue weighted by atomic mass is 10.2. The van der Waals surface area contributed by atoms with Crippen molar-refractivity contribution in [2.45, 2.75) is 23.3 Å². The minimum Gasteiger partial charge on any atom is -0.394 e. The monoisotopic (exact) mass is 324 g/mol. The molecule has 1 aliphatic rings. The van der Waals surface area contributed by atoms with E-state index in [0.717, 1.165) is 4.57 Å². The van der Waals surface area contributed by atoms with Crippen molar-refractivity contribution in [1.29, 1.82) is 0 Å². The lowest BCUT2D eigenvalue weighted by molar-refractivity contribution is -0.0534. The van der Waals surface area contributed by atoms with Crippen LogP contribution in [-0.4, -0.2) is 43.4 Å². The Bertz CT molecular complexity index is 559. The molecule has 2 rings (SSSR count). The molecule has 1 fully saturated rings. The van der Waals surface area contributed by atoms with Crippen LogP contribution in [0.15, 0.2) is 15.8 Å². The van der Waals surface area contributed by atoms with Crippen LogP contribution in [0.25, 0.3) is 0 Å². The number of rotatable bonds is 2. The van der Waals surface area contributed by atoms with Gasteiger partial charge in [-0.3, -0.25) is 14.3 Å². The van der Waals surface area contributed by atoms with Crippen molar-refractivity contribution in [1.82, 2.24) is 9.55 Å². The van der Waals surface area contributed by atoms with Gasteiger partial charge in [0.05, 0.1) is 23.7 Å². The number of ether oxygens (including phenoxy) is 1. The summed E-state index contributed by atoms with van der Waals surface area (Å²) < 4.78 is 19.1. The molecule has 1 saturated heterocycles. The molecule has 0 aromatic carbocycles. The van der Waals surface area contributed by atoms with Gasteiger partial charge in [-0.2, -0.15) is 4.39 Å². The maximum Gasteiger partial charge on any atom is 0.330 e. The van der Waals surface area contributed by atoms with E-state index in [4.69, 9.17) is 9.84 Å². The van der Waals surface area contributed by atoms with Crippen molar-refractivity contribution in [2.75, 3.05) is 6.61 Å². The summed E-state index contributed by atoms with van der Waals surface area (Å²) in [4.78, 5) is 23.5. The van der Waals surface area contributed by atoms with E-state index in [0.29, 0.717) is 6.20 Å². The Morgan fingerprint density at radius 2 is 2.22 bits per heavy atom. The minimum absolute atomic E-state index is 0.371. The summed E-state index contributed by atoms with van der Waals surface area (Å²) in [5.41, 5.74) is -2.04. The second-order valence-corrected chi connectivity index (χ2v) is 4.88. The summed E-state index contributed by atoms with van der Waals surface area (Å²) in [6.07, 6.45) is -2.41. The molecule has 0 bridgehead atoms. The maximum absolute atomic E-state index is 13.1. The Kier molecular flexibility index (Phi) is 3.66. The Morgan fingerprint density at radius 3 is 2.78 bits per heavy atom. The van der Waals surface area contributed by atoms with E-state index >= 15 is 0 Å². The summed E-state index contributed by atoms with van der Waals surface area (Å²) in [5, 5.41) is 18.8. The second kappa shape index (κ2) is 4.92. The lowest BCUT2D eigenvalue weighted by Gasteiger charge is -2.16. The van der Waals surface area contributed by atoms with Gasteiger partial charge in [0, 0.05) is 0 Å². The molecule has 3 N–H and O–H groups in total. The Balaban J connectivity index is 2.42. The van der Waals surface area contributed by atoms with Crippen LogP contribution in [0.3, 0.4) is 0 Å². The zero-order valence-corrected chi connectivity index (χ0v) is 10.5. The van der Waals surface area contributed by atoms with Gasteiger partial charge in [-0.25, -0.2) is 4.79 Å². The largest absolute Gasteiger partial charge is 0.394 e. The molecule has 2 heterocycles. The molecular formula is C9H10BrFN2O5. The van der Waals surface area contributed by atoms with Crippen LogP contribution in [0.2, 0.25) is 0 Å². The maximum atomic E-state index is 13.1. The number of H-pyrrole nitrogens is 1. The molecule has 0 aliphatic carbocycles. The van der Waals surface area contributed by atoms with Gasteiger partial charge in [0.2, 0.25) is 5.82 Å². The van der Waals surface area contributed by atoms with Gasteiger partial charge in [-0.15, -0.1) is 0 Å². The molecule has 0 spiro atoms. The predicted octanol–water partition coefficient (Wildman–Crippen LogP) is -1.31. The molecule has 18 heavy (non-hydrogen) atoms. The van der Waals surface area contributed by atoms with Gasteiger partial charge >= 0.3 is 5.69 Å². The number of hydrogen-bond acceptors (Lipinski definition) is 5. The van der Waals surface area contributed by atoms with E-state index in [1.165, 1.54) is 0 Å². The number of alkyl halides is 1. The average Bonchev–Trinajstić information content (AvgIpc) is 2.61. The normalized spacial score (nSPS) is 31.8. The third kappa shape index (κ3) is 2.14. The summed E-state index contributed by atoms with van der Waals surface area (Å²) >= 11 is 3.11. The summed E-state index contributed by atoms with van der Waals surface area (Å²) in [6, 6.07) is 0. The molecule has 9 heteroatoms. The van der Waals surface area contributed by atoms with E-state index in [9.17, 15) is 19.1 Å². The van der Waals surface area contributed by atoms with Gasteiger partial charge in [0.1, 0.15) is 6.10 Å². The van der Waals surface area contributed by atoms with E-state index < -0.39 is 40.3 Å². The molecular weight excluding hydrogens is 315 g/mol. The first kappa shape index (κ1) is 13.4. The number of nitrogens with one attached hydrogen (secondary N) is 1.